The summed E-state index contributed by atoms with van der Waals surface area (Å²) >= 11 is 0. The average Bonchev–Trinajstić information content (AvgIpc) is 2.66. The first-order valence-electron chi connectivity index (χ1n) is 10.6. The molecule has 1 rings (SSSR count). The minimum absolute atomic E-state index is 0.243. The molecule has 29 heavy (non-hydrogen) atoms. The van der Waals surface area contributed by atoms with Crippen molar-refractivity contribution >= 4 is 5.97 Å². The van der Waals surface area contributed by atoms with E-state index in [-0.39, 0.29) is 12.1 Å². The first-order chi connectivity index (χ1) is 13.8. The Morgan fingerprint density at radius 1 is 0.828 bits per heavy atom. The number of esters is 1. The maximum Gasteiger partial charge on any atom is 0.338 e. The highest BCUT2D eigenvalue weighted by atomic mass is 16.5. The lowest BCUT2D eigenvalue weighted by molar-refractivity contribution is 0.0398. The molecule has 0 saturated heterocycles. The highest BCUT2D eigenvalue weighted by molar-refractivity contribution is 5.89. The highest BCUT2D eigenvalue weighted by Crippen LogP contribution is 2.16. The third-order valence-electron chi connectivity index (χ3n) is 4.62. The third-order valence-corrected chi connectivity index (χ3v) is 4.62. The lowest BCUT2D eigenvalue weighted by atomic mass is 10.0. The van der Waals surface area contributed by atoms with Crippen molar-refractivity contribution < 1.29 is 9.53 Å². The summed E-state index contributed by atoms with van der Waals surface area (Å²) in [7, 11) is 0. The fourth-order valence-corrected chi connectivity index (χ4v) is 2.93. The molecular weight excluding hydrogens is 356 g/mol. The van der Waals surface area contributed by atoms with Crippen LogP contribution in [0.15, 0.2) is 76.9 Å². The summed E-state index contributed by atoms with van der Waals surface area (Å²) in [4.78, 5) is 12.5. The Morgan fingerprint density at radius 3 is 1.93 bits per heavy atom. The Bertz CT molecular complexity index is 740. The molecule has 0 spiro atoms. The summed E-state index contributed by atoms with van der Waals surface area (Å²) in [6.07, 6.45) is 13.4. The number of hydrogen-bond donors (Lipinski definition) is 0. The molecular formula is C27H38O2. The van der Waals surface area contributed by atoms with Gasteiger partial charge in [0, 0.05) is 6.42 Å². The van der Waals surface area contributed by atoms with E-state index < -0.39 is 0 Å². The van der Waals surface area contributed by atoms with Gasteiger partial charge in [-0.3, -0.25) is 0 Å². The molecule has 0 heterocycles. The van der Waals surface area contributed by atoms with E-state index >= 15 is 0 Å². The van der Waals surface area contributed by atoms with Gasteiger partial charge in [-0.05, 0) is 85.4 Å². The molecule has 0 fully saturated rings. The van der Waals surface area contributed by atoms with Crippen LogP contribution in [0.5, 0.6) is 0 Å². The Hall–Kier alpha value is -2.35. The molecule has 2 nitrogen and oxygen atoms in total. The first-order valence-corrected chi connectivity index (χ1v) is 10.6. The van der Waals surface area contributed by atoms with Crippen LogP contribution in [0.2, 0.25) is 0 Å². The monoisotopic (exact) mass is 394 g/mol. The van der Waals surface area contributed by atoms with Crippen LogP contribution in [0.25, 0.3) is 0 Å². The van der Waals surface area contributed by atoms with E-state index in [0.29, 0.717) is 12.0 Å². The smallest absolute Gasteiger partial charge is 0.338 e. The summed E-state index contributed by atoms with van der Waals surface area (Å²) in [5, 5.41) is 0. The van der Waals surface area contributed by atoms with Gasteiger partial charge in [-0.2, -0.15) is 0 Å². The molecule has 1 aromatic carbocycles. The summed E-state index contributed by atoms with van der Waals surface area (Å²) in [5.41, 5.74) is 5.86. The van der Waals surface area contributed by atoms with E-state index in [1.165, 1.54) is 22.3 Å². The molecule has 1 aromatic rings. The molecule has 158 valence electrons. The highest BCUT2D eigenvalue weighted by Gasteiger charge is 2.13. The number of hydrogen-bond acceptors (Lipinski definition) is 2. The normalized spacial score (nSPS) is 12.9. The first kappa shape index (κ1) is 24.7. The lowest BCUT2D eigenvalue weighted by Crippen LogP contribution is -2.16. The second kappa shape index (κ2) is 13.8. The number of benzene rings is 1. The van der Waals surface area contributed by atoms with Crippen LogP contribution in [0.3, 0.4) is 0 Å². The number of carbonyl (C=O) groups excluding carboxylic acids is 1. The second-order valence-electron chi connectivity index (χ2n) is 8.25. The van der Waals surface area contributed by atoms with Gasteiger partial charge in [-0.25, -0.2) is 4.79 Å². The van der Waals surface area contributed by atoms with Crippen molar-refractivity contribution in [2.45, 2.75) is 79.8 Å². The van der Waals surface area contributed by atoms with Gasteiger partial charge in [0.2, 0.25) is 0 Å². The molecule has 0 N–H and O–H groups in total. The van der Waals surface area contributed by atoms with Gasteiger partial charge in [0.25, 0.3) is 0 Å². The minimum Gasteiger partial charge on any atom is -0.454 e. The summed E-state index contributed by atoms with van der Waals surface area (Å²) in [6.45, 7) is 12.8. The standard InChI is InChI=1S/C27H38O2/c1-21(2)12-10-14-23(5)18-19-26(20-24(6)15-11-13-22(3)4)29-27(28)25-16-8-7-9-17-25/h7-9,12-13,16-18,20,26H,10-11,14-15,19H2,1-6H3/b23-18+,24-20+. The Balaban J connectivity index is 2.82. The van der Waals surface area contributed by atoms with Gasteiger partial charge < -0.3 is 4.74 Å². The molecule has 1 atom stereocenters. The fourth-order valence-electron chi connectivity index (χ4n) is 2.93. The van der Waals surface area contributed by atoms with Gasteiger partial charge in [0.15, 0.2) is 0 Å². The zero-order chi connectivity index (χ0) is 21.6. The number of carbonyl (C=O) groups is 1. The molecule has 0 bridgehead atoms. The Kier molecular flexibility index (Phi) is 11.7. The van der Waals surface area contributed by atoms with Gasteiger partial charge in [-0.1, -0.05) is 58.7 Å². The van der Waals surface area contributed by atoms with Gasteiger partial charge in [-0.15, -0.1) is 0 Å². The van der Waals surface area contributed by atoms with Crippen molar-refractivity contribution in [1.29, 1.82) is 0 Å². The predicted octanol–water partition coefficient (Wildman–Crippen LogP) is 7.99. The van der Waals surface area contributed by atoms with Crippen molar-refractivity contribution in [2.75, 3.05) is 0 Å². The summed E-state index contributed by atoms with van der Waals surface area (Å²) in [5.74, 6) is -0.264. The van der Waals surface area contributed by atoms with E-state index in [1.807, 2.05) is 18.2 Å². The lowest BCUT2D eigenvalue weighted by Gasteiger charge is -2.15. The van der Waals surface area contributed by atoms with Crippen molar-refractivity contribution in [2.24, 2.45) is 0 Å². The predicted molar refractivity (Wildman–Crippen MR) is 125 cm³/mol. The SMILES string of the molecule is CC(C)=CCC/C(C)=C/CC(/C=C(\C)CCC=C(C)C)OC(=O)c1ccccc1. The van der Waals surface area contributed by atoms with Gasteiger partial charge >= 0.3 is 5.97 Å². The Labute approximate surface area is 178 Å². The van der Waals surface area contributed by atoms with E-state index in [0.717, 1.165) is 25.7 Å². The molecule has 0 aliphatic heterocycles. The van der Waals surface area contributed by atoms with Crippen molar-refractivity contribution in [3.8, 4) is 0 Å². The van der Waals surface area contributed by atoms with Crippen molar-refractivity contribution in [3.63, 3.8) is 0 Å². The van der Waals surface area contributed by atoms with Crippen LogP contribution in [0.1, 0.15) is 84.0 Å². The van der Waals surface area contributed by atoms with E-state index in [2.05, 4.69) is 65.8 Å². The molecule has 0 aliphatic carbocycles. The molecule has 0 amide bonds. The molecule has 0 aliphatic rings. The van der Waals surface area contributed by atoms with Crippen molar-refractivity contribution in [3.05, 3.63) is 82.5 Å². The Morgan fingerprint density at radius 2 is 1.38 bits per heavy atom. The van der Waals surface area contributed by atoms with E-state index in [1.54, 1.807) is 12.1 Å². The van der Waals surface area contributed by atoms with Gasteiger partial charge in [0.1, 0.15) is 6.10 Å². The summed E-state index contributed by atoms with van der Waals surface area (Å²) < 4.78 is 5.84. The summed E-state index contributed by atoms with van der Waals surface area (Å²) in [6, 6.07) is 9.22. The topological polar surface area (TPSA) is 26.3 Å². The maximum atomic E-state index is 12.5. The van der Waals surface area contributed by atoms with Crippen LogP contribution in [0, 0.1) is 0 Å². The quantitative estimate of drug-likeness (QED) is 0.281. The number of ether oxygens (including phenoxy) is 1. The molecule has 0 aromatic heterocycles. The van der Waals surface area contributed by atoms with Crippen LogP contribution in [-0.2, 0) is 4.74 Å². The molecule has 2 heteroatoms. The zero-order valence-electron chi connectivity index (χ0n) is 19.1. The fraction of sp³-hybridized carbons (Fsp3) is 0.444. The van der Waals surface area contributed by atoms with Crippen LogP contribution < -0.4 is 0 Å². The van der Waals surface area contributed by atoms with Crippen molar-refractivity contribution in [1.82, 2.24) is 0 Å². The zero-order valence-corrected chi connectivity index (χ0v) is 19.1. The third kappa shape index (κ3) is 11.9. The van der Waals surface area contributed by atoms with Gasteiger partial charge in [0.05, 0.1) is 5.56 Å². The maximum absolute atomic E-state index is 12.5. The largest absolute Gasteiger partial charge is 0.454 e. The second-order valence-corrected chi connectivity index (χ2v) is 8.25. The van der Waals surface area contributed by atoms with Crippen LogP contribution in [-0.4, -0.2) is 12.1 Å². The molecule has 0 radical (unpaired) electrons. The van der Waals surface area contributed by atoms with E-state index in [4.69, 9.17) is 4.74 Å². The number of allylic oxidation sites excluding steroid dienone is 6. The average molecular weight is 395 g/mol. The van der Waals surface area contributed by atoms with Crippen LogP contribution >= 0.6 is 0 Å². The van der Waals surface area contributed by atoms with E-state index in [9.17, 15) is 4.79 Å². The number of rotatable bonds is 11. The molecule has 1 unspecified atom stereocenters. The molecule has 0 saturated carbocycles. The van der Waals surface area contributed by atoms with Crippen LogP contribution in [0.4, 0.5) is 0 Å². The minimum atomic E-state index is -0.264.